The van der Waals surface area contributed by atoms with E-state index in [-0.39, 0.29) is 0 Å². The summed E-state index contributed by atoms with van der Waals surface area (Å²) >= 11 is 0. The van der Waals surface area contributed by atoms with Gasteiger partial charge in [0.2, 0.25) is 0 Å². The zero-order valence-electron chi connectivity index (χ0n) is 5.51. The molecule has 0 saturated carbocycles. The van der Waals surface area contributed by atoms with Crippen LogP contribution >= 0.6 is 0 Å². The van der Waals surface area contributed by atoms with Crippen molar-refractivity contribution in [3.63, 3.8) is 0 Å². The summed E-state index contributed by atoms with van der Waals surface area (Å²) in [5.41, 5.74) is 0. The van der Waals surface area contributed by atoms with Crippen LogP contribution in [0.4, 0.5) is 0 Å². The highest BCUT2D eigenvalue weighted by Crippen LogP contribution is 1.83. The third-order valence-electron chi connectivity index (χ3n) is 0.882. The summed E-state index contributed by atoms with van der Waals surface area (Å²) in [4.78, 5) is 1.78. The third kappa shape index (κ3) is 3.42. The molecule has 48 valence electrons. The van der Waals surface area contributed by atoms with Crippen molar-refractivity contribution < 1.29 is 0 Å². The molecule has 0 fully saturated rings. The lowest BCUT2D eigenvalue weighted by Crippen LogP contribution is -2.16. The molecule has 0 saturated heterocycles. The maximum atomic E-state index is 5.13. The van der Waals surface area contributed by atoms with Crippen molar-refractivity contribution in [1.82, 2.24) is 4.90 Å². The quantitative estimate of drug-likeness (QED) is 0.307. The first-order chi connectivity index (χ1) is 4.35. The standard InChI is InChI=1S/C8H11N/c1-4-7-9(6-3)8-5-2/h3-5H,1-2,7-8H2. The first kappa shape index (κ1) is 7.84. The van der Waals surface area contributed by atoms with Gasteiger partial charge >= 0.3 is 0 Å². The predicted molar refractivity (Wildman–Crippen MR) is 40.8 cm³/mol. The van der Waals surface area contributed by atoms with Crippen LogP contribution in [0.2, 0.25) is 0 Å². The molecular weight excluding hydrogens is 110 g/mol. The van der Waals surface area contributed by atoms with E-state index < -0.39 is 0 Å². The Balaban J connectivity index is 3.56. The molecule has 0 spiro atoms. The Morgan fingerprint density at radius 3 is 2.00 bits per heavy atom. The van der Waals surface area contributed by atoms with E-state index in [1.54, 1.807) is 17.1 Å². The van der Waals surface area contributed by atoms with E-state index in [1.807, 2.05) is 0 Å². The highest BCUT2D eigenvalue weighted by Gasteiger charge is 1.88. The molecule has 0 bridgehead atoms. The monoisotopic (exact) mass is 121 g/mol. The molecule has 0 atom stereocenters. The van der Waals surface area contributed by atoms with Crippen LogP contribution in [0.3, 0.4) is 0 Å². The maximum absolute atomic E-state index is 5.13. The lowest BCUT2D eigenvalue weighted by molar-refractivity contribution is 0.491. The average molecular weight is 121 g/mol. The number of nitrogens with zero attached hydrogens (tertiary/aromatic N) is 1. The maximum Gasteiger partial charge on any atom is 0.0442 e. The van der Waals surface area contributed by atoms with Gasteiger partial charge < -0.3 is 4.90 Å². The van der Waals surface area contributed by atoms with Crippen LogP contribution in [0.25, 0.3) is 0 Å². The SMILES string of the molecule is C#CN(CC=C)CC=C. The van der Waals surface area contributed by atoms with E-state index in [9.17, 15) is 0 Å². The molecule has 0 aliphatic carbocycles. The van der Waals surface area contributed by atoms with Gasteiger partial charge in [-0.1, -0.05) is 18.6 Å². The van der Waals surface area contributed by atoms with E-state index in [2.05, 4.69) is 19.2 Å². The van der Waals surface area contributed by atoms with Gasteiger partial charge in [0, 0.05) is 19.1 Å². The van der Waals surface area contributed by atoms with Gasteiger partial charge in [0.1, 0.15) is 0 Å². The average Bonchev–Trinajstić information content (AvgIpc) is 1.88. The zero-order chi connectivity index (χ0) is 7.11. The van der Waals surface area contributed by atoms with Crippen molar-refractivity contribution in [2.24, 2.45) is 0 Å². The predicted octanol–water partition coefficient (Wildman–Crippen LogP) is 1.25. The molecule has 0 N–H and O–H groups in total. The highest BCUT2D eigenvalue weighted by atomic mass is 15.1. The molecule has 0 aromatic heterocycles. The second-order valence-corrected chi connectivity index (χ2v) is 1.61. The Morgan fingerprint density at radius 1 is 1.33 bits per heavy atom. The molecule has 0 aromatic rings. The first-order valence-electron chi connectivity index (χ1n) is 2.78. The number of hydrogen-bond acceptors (Lipinski definition) is 1. The highest BCUT2D eigenvalue weighted by molar-refractivity contribution is 4.92. The first-order valence-corrected chi connectivity index (χ1v) is 2.78. The van der Waals surface area contributed by atoms with Crippen molar-refractivity contribution in [1.29, 1.82) is 0 Å². The summed E-state index contributed by atoms with van der Waals surface area (Å²) in [6.07, 6.45) is 8.66. The Morgan fingerprint density at radius 2 is 1.78 bits per heavy atom. The van der Waals surface area contributed by atoms with Crippen LogP contribution in [0, 0.1) is 12.5 Å². The fraction of sp³-hybridized carbons (Fsp3) is 0.250. The van der Waals surface area contributed by atoms with Crippen molar-refractivity contribution in [3.05, 3.63) is 25.3 Å². The van der Waals surface area contributed by atoms with Gasteiger partial charge in [0.25, 0.3) is 0 Å². The molecule has 9 heavy (non-hydrogen) atoms. The summed E-state index contributed by atoms with van der Waals surface area (Å²) < 4.78 is 0. The summed E-state index contributed by atoms with van der Waals surface area (Å²) in [5.74, 6) is 0. The smallest absolute Gasteiger partial charge is 0.0442 e. The Kier molecular flexibility index (Phi) is 4.34. The second kappa shape index (κ2) is 4.99. The Hall–Kier alpha value is -1.16. The molecule has 0 aliphatic rings. The molecule has 0 unspecified atom stereocenters. The fourth-order valence-corrected chi connectivity index (χ4v) is 0.492. The molecule has 0 aromatic carbocycles. The van der Waals surface area contributed by atoms with Crippen LogP contribution < -0.4 is 0 Å². The van der Waals surface area contributed by atoms with E-state index >= 15 is 0 Å². The van der Waals surface area contributed by atoms with E-state index in [4.69, 9.17) is 6.42 Å². The van der Waals surface area contributed by atoms with Gasteiger partial charge in [-0.2, -0.15) is 0 Å². The minimum atomic E-state index is 0.725. The van der Waals surface area contributed by atoms with Crippen molar-refractivity contribution in [3.8, 4) is 12.5 Å². The van der Waals surface area contributed by atoms with Gasteiger partial charge in [-0.25, -0.2) is 0 Å². The number of hydrogen-bond donors (Lipinski definition) is 0. The summed E-state index contributed by atoms with van der Waals surface area (Å²) in [5, 5.41) is 0. The van der Waals surface area contributed by atoms with Crippen LogP contribution in [-0.4, -0.2) is 18.0 Å². The normalized spacial score (nSPS) is 7.44. The van der Waals surface area contributed by atoms with E-state index in [0.717, 1.165) is 13.1 Å². The summed E-state index contributed by atoms with van der Waals surface area (Å²) in [7, 11) is 0. The molecule has 0 aliphatic heterocycles. The summed E-state index contributed by atoms with van der Waals surface area (Å²) in [6.45, 7) is 8.57. The van der Waals surface area contributed by atoms with Crippen LogP contribution in [-0.2, 0) is 0 Å². The van der Waals surface area contributed by atoms with Crippen molar-refractivity contribution in [2.45, 2.75) is 0 Å². The molecule has 0 radical (unpaired) electrons. The van der Waals surface area contributed by atoms with E-state index in [0.29, 0.717) is 0 Å². The Labute approximate surface area is 56.7 Å². The topological polar surface area (TPSA) is 3.24 Å². The van der Waals surface area contributed by atoms with Gasteiger partial charge in [-0.3, -0.25) is 0 Å². The molecule has 1 nitrogen and oxygen atoms in total. The largest absolute Gasteiger partial charge is 0.325 e. The van der Waals surface area contributed by atoms with Crippen LogP contribution in [0.15, 0.2) is 25.3 Å². The number of terminal acetylenes is 1. The second-order valence-electron chi connectivity index (χ2n) is 1.61. The van der Waals surface area contributed by atoms with Crippen LogP contribution in [0.5, 0.6) is 0 Å². The van der Waals surface area contributed by atoms with Gasteiger partial charge in [0.15, 0.2) is 0 Å². The fourth-order valence-electron chi connectivity index (χ4n) is 0.492. The van der Waals surface area contributed by atoms with E-state index in [1.165, 1.54) is 0 Å². The zero-order valence-corrected chi connectivity index (χ0v) is 5.51. The lowest BCUT2D eigenvalue weighted by atomic mass is 10.5. The number of rotatable bonds is 4. The molecule has 0 rings (SSSR count). The van der Waals surface area contributed by atoms with Gasteiger partial charge in [0.05, 0.1) is 0 Å². The van der Waals surface area contributed by atoms with Crippen molar-refractivity contribution in [2.75, 3.05) is 13.1 Å². The molecule has 1 heteroatoms. The molecule has 0 amide bonds. The molecular formula is C8H11N. The van der Waals surface area contributed by atoms with Crippen molar-refractivity contribution >= 4 is 0 Å². The third-order valence-corrected chi connectivity index (χ3v) is 0.882. The minimum absolute atomic E-state index is 0.725. The van der Waals surface area contributed by atoms with Crippen LogP contribution in [0.1, 0.15) is 0 Å². The Bertz CT molecular complexity index is 120. The summed E-state index contributed by atoms with van der Waals surface area (Å²) in [6, 6.07) is 2.49. The lowest BCUT2D eigenvalue weighted by Gasteiger charge is -2.10. The minimum Gasteiger partial charge on any atom is -0.325 e. The molecule has 0 heterocycles. The van der Waals surface area contributed by atoms with Gasteiger partial charge in [-0.05, 0) is 0 Å². The van der Waals surface area contributed by atoms with Gasteiger partial charge in [-0.15, -0.1) is 13.2 Å².